The van der Waals surface area contributed by atoms with Crippen LogP contribution in [-0.4, -0.2) is 0 Å². The SMILES string of the molecule is CC1(C)c2ccccc2C2(c3ccccc3Sc3ccc(-c4cccc(-c5cc(-c6cccc(-c7ccccc7)c6)cc(-c6cccc(-c7ccccc7)c6)c5)c4)cc32)c2ccccc21. The highest BCUT2D eigenvalue weighted by atomic mass is 32.2. The van der Waals surface area contributed by atoms with Crippen molar-refractivity contribution >= 4 is 11.8 Å². The molecule has 1 aliphatic heterocycles. The summed E-state index contributed by atoms with van der Waals surface area (Å²) in [6, 6.07) is 90.3. The molecule has 0 N–H and O–H groups in total. The van der Waals surface area contributed by atoms with Gasteiger partial charge in [0.2, 0.25) is 0 Å². The van der Waals surface area contributed by atoms with Gasteiger partial charge in [0.05, 0.1) is 5.41 Å². The Morgan fingerprint density at radius 3 is 1.03 bits per heavy atom. The summed E-state index contributed by atoms with van der Waals surface area (Å²) < 4.78 is 0. The molecular weight excluding hydrogens is 801 g/mol. The van der Waals surface area contributed by atoms with Gasteiger partial charge in [0, 0.05) is 15.2 Å². The molecule has 1 heterocycles. The molecule has 0 aromatic heterocycles. The van der Waals surface area contributed by atoms with E-state index in [-0.39, 0.29) is 5.41 Å². The third kappa shape index (κ3) is 6.53. The smallest absolute Gasteiger partial charge is 0.0729 e. The lowest BCUT2D eigenvalue weighted by atomic mass is 9.54. The van der Waals surface area contributed by atoms with Crippen LogP contribution < -0.4 is 0 Å². The van der Waals surface area contributed by atoms with Crippen molar-refractivity contribution in [2.45, 2.75) is 34.5 Å². The van der Waals surface area contributed by atoms with Gasteiger partial charge >= 0.3 is 0 Å². The lowest BCUT2D eigenvalue weighted by Gasteiger charge is -2.50. The molecule has 0 nitrogen and oxygen atoms in total. The summed E-state index contributed by atoms with van der Waals surface area (Å²) in [5.41, 5.74) is 22.0. The molecule has 12 rings (SSSR count). The third-order valence-electron chi connectivity index (χ3n) is 14.0. The number of hydrogen-bond donors (Lipinski definition) is 0. The molecule has 0 atom stereocenters. The van der Waals surface area contributed by atoms with Crippen LogP contribution in [0.5, 0.6) is 0 Å². The fourth-order valence-corrected chi connectivity index (χ4v) is 12.0. The average Bonchev–Trinajstić information content (AvgIpc) is 3.38. The number of benzene rings is 10. The summed E-state index contributed by atoms with van der Waals surface area (Å²) >= 11 is 1.90. The van der Waals surface area contributed by atoms with Gasteiger partial charge in [0.15, 0.2) is 0 Å². The zero-order chi connectivity index (χ0) is 43.5. The topological polar surface area (TPSA) is 0 Å². The van der Waals surface area contributed by atoms with Crippen LogP contribution in [0.2, 0.25) is 0 Å². The van der Waals surface area contributed by atoms with Crippen molar-refractivity contribution < 1.29 is 0 Å². The lowest BCUT2D eigenvalue weighted by Crippen LogP contribution is -2.43. The van der Waals surface area contributed by atoms with E-state index in [1.54, 1.807) is 0 Å². The van der Waals surface area contributed by atoms with Crippen LogP contribution in [0.1, 0.15) is 47.2 Å². The van der Waals surface area contributed by atoms with E-state index in [4.69, 9.17) is 0 Å². The first kappa shape index (κ1) is 39.2. The third-order valence-corrected chi connectivity index (χ3v) is 15.1. The lowest BCUT2D eigenvalue weighted by molar-refractivity contribution is 0.549. The van der Waals surface area contributed by atoms with Crippen molar-refractivity contribution in [3.63, 3.8) is 0 Å². The number of hydrogen-bond acceptors (Lipinski definition) is 1. The summed E-state index contributed by atoms with van der Waals surface area (Å²) in [7, 11) is 0. The van der Waals surface area contributed by atoms with Crippen molar-refractivity contribution in [3.8, 4) is 66.8 Å². The Morgan fingerprint density at radius 2 is 0.554 bits per heavy atom. The van der Waals surface area contributed by atoms with Crippen molar-refractivity contribution in [2.75, 3.05) is 0 Å². The summed E-state index contributed by atoms with van der Waals surface area (Å²) in [5, 5.41) is 0. The van der Waals surface area contributed by atoms with Crippen LogP contribution in [0.15, 0.2) is 252 Å². The maximum atomic E-state index is 2.51. The van der Waals surface area contributed by atoms with Gasteiger partial charge in [-0.3, -0.25) is 0 Å². The molecular formula is C64H46S. The fraction of sp³-hybridized carbons (Fsp3) is 0.0625. The Hall–Kier alpha value is -7.45. The first-order valence-corrected chi connectivity index (χ1v) is 23.5. The first-order valence-electron chi connectivity index (χ1n) is 22.6. The second-order valence-corrected chi connectivity index (χ2v) is 19.1. The Balaban J connectivity index is 1.03. The van der Waals surface area contributed by atoms with Gasteiger partial charge in [0.25, 0.3) is 0 Å². The average molecular weight is 847 g/mol. The van der Waals surface area contributed by atoms with Crippen LogP contribution in [0, 0.1) is 0 Å². The Kier molecular flexibility index (Phi) is 9.44. The molecule has 10 aromatic carbocycles. The van der Waals surface area contributed by atoms with Crippen LogP contribution in [0.4, 0.5) is 0 Å². The van der Waals surface area contributed by atoms with Gasteiger partial charge in [-0.15, -0.1) is 0 Å². The van der Waals surface area contributed by atoms with Crippen molar-refractivity contribution in [2.24, 2.45) is 0 Å². The highest BCUT2D eigenvalue weighted by Gasteiger charge is 2.52. The maximum absolute atomic E-state index is 2.51. The van der Waals surface area contributed by atoms with Gasteiger partial charge in [-0.2, -0.15) is 0 Å². The molecule has 1 aliphatic carbocycles. The van der Waals surface area contributed by atoms with E-state index in [2.05, 4.69) is 257 Å². The first-order chi connectivity index (χ1) is 31.9. The van der Waals surface area contributed by atoms with Crippen molar-refractivity contribution in [1.29, 1.82) is 0 Å². The Labute approximate surface area is 387 Å². The Bertz CT molecular complexity index is 3280. The van der Waals surface area contributed by atoms with E-state index >= 15 is 0 Å². The molecule has 65 heavy (non-hydrogen) atoms. The van der Waals surface area contributed by atoms with Gasteiger partial charge in [0.1, 0.15) is 0 Å². The number of rotatable bonds is 6. The summed E-state index contributed by atoms with van der Waals surface area (Å²) in [6.45, 7) is 4.79. The molecule has 1 spiro atoms. The zero-order valence-electron chi connectivity index (χ0n) is 36.5. The van der Waals surface area contributed by atoms with Gasteiger partial charge in [-0.25, -0.2) is 0 Å². The predicted molar refractivity (Wildman–Crippen MR) is 274 cm³/mol. The molecule has 0 fully saturated rings. The minimum absolute atomic E-state index is 0.150. The standard InChI is InChI=1S/C64H46S/c1-63(2)55-28-9-11-30-57(55)64(58-31-12-10-29-56(58)63)59-32-13-14-33-61(59)65-62-35-34-51(42-60(62)64)47-24-17-27-50(38-47)54-40-52(48-25-15-22-45(36-48)43-18-5-3-6-19-43)39-53(41-54)49-26-16-23-46(37-49)44-20-7-4-8-21-44/h3-42H,1-2H3. The molecule has 0 bridgehead atoms. The highest BCUT2D eigenvalue weighted by Crippen LogP contribution is 2.62. The van der Waals surface area contributed by atoms with Crippen LogP contribution in [-0.2, 0) is 10.8 Å². The molecule has 0 amide bonds. The number of fused-ring (bicyclic) bond motifs is 8. The molecule has 1 heteroatoms. The zero-order valence-corrected chi connectivity index (χ0v) is 37.3. The monoisotopic (exact) mass is 846 g/mol. The van der Waals surface area contributed by atoms with E-state index in [1.807, 2.05) is 11.8 Å². The van der Waals surface area contributed by atoms with E-state index in [0.29, 0.717) is 0 Å². The molecule has 2 aliphatic rings. The summed E-state index contributed by atoms with van der Waals surface area (Å²) in [5.74, 6) is 0. The minimum Gasteiger partial charge on any atom is -0.0894 e. The van der Waals surface area contributed by atoms with Gasteiger partial charge in [-0.05, 0) is 155 Å². The fourth-order valence-electron chi connectivity index (χ4n) is 10.8. The van der Waals surface area contributed by atoms with Crippen molar-refractivity contribution in [1.82, 2.24) is 0 Å². The maximum Gasteiger partial charge on any atom is 0.0729 e. The normalized spacial score (nSPS) is 13.9. The van der Waals surface area contributed by atoms with Crippen LogP contribution in [0.3, 0.4) is 0 Å². The van der Waals surface area contributed by atoms with Gasteiger partial charge in [-0.1, -0.05) is 214 Å². The highest BCUT2D eigenvalue weighted by molar-refractivity contribution is 7.99. The Morgan fingerprint density at radius 1 is 0.231 bits per heavy atom. The minimum atomic E-state index is -0.473. The van der Waals surface area contributed by atoms with Crippen molar-refractivity contribution in [3.05, 3.63) is 276 Å². The van der Waals surface area contributed by atoms with E-state index in [0.717, 1.165) is 0 Å². The van der Waals surface area contributed by atoms with E-state index in [1.165, 1.54) is 110 Å². The van der Waals surface area contributed by atoms with Gasteiger partial charge < -0.3 is 0 Å². The molecule has 0 saturated heterocycles. The second kappa shape index (κ2) is 15.7. The summed E-state index contributed by atoms with van der Waals surface area (Å²) in [6.07, 6.45) is 0. The molecule has 0 saturated carbocycles. The largest absolute Gasteiger partial charge is 0.0894 e. The van der Waals surface area contributed by atoms with Crippen LogP contribution in [0.25, 0.3) is 66.8 Å². The molecule has 10 aromatic rings. The second-order valence-electron chi connectivity index (χ2n) is 18.0. The quantitative estimate of drug-likeness (QED) is 0.161. The molecule has 0 unspecified atom stereocenters. The van der Waals surface area contributed by atoms with E-state index in [9.17, 15) is 0 Å². The molecule has 0 radical (unpaired) electrons. The van der Waals surface area contributed by atoms with Crippen LogP contribution >= 0.6 is 11.8 Å². The predicted octanol–water partition coefficient (Wildman–Crippen LogP) is 17.2. The summed E-state index contributed by atoms with van der Waals surface area (Å²) in [4.78, 5) is 2.62. The van der Waals surface area contributed by atoms with E-state index < -0.39 is 5.41 Å². The molecule has 308 valence electrons.